The van der Waals surface area contributed by atoms with Crippen molar-refractivity contribution >= 4 is 5.91 Å². The molecule has 4 nitrogen and oxygen atoms in total. The van der Waals surface area contributed by atoms with Gasteiger partial charge < -0.3 is 15.0 Å². The lowest BCUT2D eigenvalue weighted by Gasteiger charge is -2.17. The molecule has 0 saturated heterocycles. The second-order valence-corrected chi connectivity index (χ2v) is 2.78. The van der Waals surface area contributed by atoms with Gasteiger partial charge in [0, 0.05) is 20.2 Å². The highest BCUT2D eigenvalue weighted by Gasteiger charge is 2.08. The van der Waals surface area contributed by atoms with Gasteiger partial charge in [-0.05, 0) is 6.92 Å². The van der Waals surface area contributed by atoms with Crippen LogP contribution >= 0.6 is 0 Å². The summed E-state index contributed by atoms with van der Waals surface area (Å²) in [7, 11) is 1.63. The van der Waals surface area contributed by atoms with Gasteiger partial charge in [-0.1, -0.05) is 5.92 Å². The second-order valence-electron chi connectivity index (χ2n) is 2.78. The lowest BCUT2D eigenvalue weighted by atomic mass is 10.4. The fraction of sp³-hybridized carbons (Fsp3) is 0.700. The van der Waals surface area contributed by atoms with E-state index in [0.29, 0.717) is 32.8 Å². The Labute approximate surface area is 85.6 Å². The highest BCUT2D eigenvalue weighted by atomic mass is 16.5. The summed E-state index contributed by atoms with van der Waals surface area (Å²) in [4.78, 5) is 13.1. The first kappa shape index (κ1) is 12.9. The minimum atomic E-state index is 0.0292. The molecular weight excluding hydrogens is 180 g/mol. The van der Waals surface area contributed by atoms with Gasteiger partial charge in [-0.3, -0.25) is 4.79 Å². The summed E-state index contributed by atoms with van der Waals surface area (Å²) in [5, 5.41) is 2.97. The molecule has 0 aromatic rings. The van der Waals surface area contributed by atoms with Gasteiger partial charge >= 0.3 is 0 Å². The number of rotatable bonds is 7. The first-order valence-corrected chi connectivity index (χ1v) is 4.67. The third-order valence-electron chi connectivity index (χ3n) is 1.78. The highest BCUT2D eigenvalue weighted by Crippen LogP contribution is 1.86. The number of carbonyl (C=O) groups is 1. The summed E-state index contributed by atoms with van der Waals surface area (Å²) >= 11 is 0. The normalized spacial score (nSPS) is 9.50. The van der Waals surface area contributed by atoms with Gasteiger partial charge in [0.05, 0.1) is 19.7 Å². The summed E-state index contributed by atoms with van der Waals surface area (Å²) in [6, 6.07) is 0. The predicted molar refractivity (Wildman–Crippen MR) is 55.8 cm³/mol. The van der Waals surface area contributed by atoms with Crippen LogP contribution in [0.25, 0.3) is 0 Å². The fourth-order valence-electron chi connectivity index (χ4n) is 0.968. The number of nitrogens with one attached hydrogen (secondary N) is 1. The van der Waals surface area contributed by atoms with Crippen LogP contribution in [-0.4, -0.2) is 50.7 Å². The number of hydrogen-bond acceptors (Lipinski definition) is 3. The van der Waals surface area contributed by atoms with Gasteiger partial charge in [-0.25, -0.2) is 0 Å². The maximum atomic E-state index is 11.5. The average Bonchev–Trinajstić information content (AvgIpc) is 2.20. The molecular formula is C10H18N2O2. The summed E-state index contributed by atoms with van der Waals surface area (Å²) in [5.41, 5.74) is 0. The number of likely N-dealkylation sites (N-methyl/N-ethyl adjacent to an activating group) is 1. The number of methoxy groups -OCH3 is 1. The van der Waals surface area contributed by atoms with E-state index >= 15 is 0 Å². The molecule has 0 radical (unpaired) electrons. The Morgan fingerprint density at radius 2 is 2.36 bits per heavy atom. The molecule has 0 bridgehead atoms. The van der Waals surface area contributed by atoms with Gasteiger partial charge in [0.2, 0.25) is 5.91 Å². The Morgan fingerprint density at radius 3 is 2.86 bits per heavy atom. The Hall–Kier alpha value is -1.05. The number of amides is 1. The number of nitrogens with zero attached hydrogens (tertiary/aromatic N) is 1. The third kappa shape index (κ3) is 5.57. The van der Waals surface area contributed by atoms with E-state index in [1.165, 1.54) is 0 Å². The first-order valence-electron chi connectivity index (χ1n) is 4.67. The molecule has 0 aromatic heterocycles. The first-order chi connectivity index (χ1) is 6.76. The van der Waals surface area contributed by atoms with Crippen molar-refractivity contribution in [2.24, 2.45) is 0 Å². The van der Waals surface area contributed by atoms with E-state index in [4.69, 9.17) is 11.2 Å². The van der Waals surface area contributed by atoms with Crippen molar-refractivity contribution in [3.63, 3.8) is 0 Å². The van der Waals surface area contributed by atoms with Crippen molar-refractivity contribution in [1.29, 1.82) is 0 Å². The van der Waals surface area contributed by atoms with Gasteiger partial charge in [0.15, 0.2) is 0 Å². The molecule has 14 heavy (non-hydrogen) atoms. The maximum Gasteiger partial charge on any atom is 0.237 e. The average molecular weight is 198 g/mol. The van der Waals surface area contributed by atoms with Crippen LogP contribution in [0.15, 0.2) is 0 Å². The smallest absolute Gasteiger partial charge is 0.237 e. The SMILES string of the molecule is C#CCN(CC)C(=O)CNCCOC. The predicted octanol–water partition coefficient (Wildman–Crippen LogP) is -0.296. The van der Waals surface area contributed by atoms with Gasteiger partial charge in [0.1, 0.15) is 0 Å². The van der Waals surface area contributed by atoms with Crippen LogP contribution in [-0.2, 0) is 9.53 Å². The molecule has 0 saturated carbocycles. The van der Waals surface area contributed by atoms with Crippen molar-refractivity contribution < 1.29 is 9.53 Å². The van der Waals surface area contributed by atoms with Crippen molar-refractivity contribution in [2.45, 2.75) is 6.92 Å². The fourth-order valence-corrected chi connectivity index (χ4v) is 0.968. The summed E-state index contributed by atoms with van der Waals surface area (Å²) in [6.07, 6.45) is 5.13. The van der Waals surface area contributed by atoms with Crippen molar-refractivity contribution in [2.75, 3.05) is 39.9 Å². The molecule has 0 spiro atoms. The Balaban J connectivity index is 3.65. The summed E-state index contributed by atoms with van der Waals surface area (Å²) < 4.78 is 4.84. The number of hydrogen-bond donors (Lipinski definition) is 1. The Bertz CT molecular complexity index is 199. The number of ether oxygens (including phenoxy) is 1. The summed E-state index contributed by atoms with van der Waals surface area (Å²) in [6.45, 7) is 4.53. The molecule has 0 aliphatic carbocycles. The van der Waals surface area contributed by atoms with Crippen LogP contribution in [0.4, 0.5) is 0 Å². The molecule has 0 aromatic carbocycles. The lowest BCUT2D eigenvalue weighted by molar-refractivity contribution is -0.129. The number of terminal acetylenes is 1. The molecule has 0 rings (SSSR count). The zero-order valence-electron chi connectivity index (χ0n) is 8.88. The van der Waals surface area contributed by atoms with E-state index in [1.54, 1.807) is 12.0 Å². The van der Waals surface area contributed by atoms with Crippen LogP contribution in [0, 0.1) is 12.3 Å². The third-order valence-corrected chi connectivity index (χ3v) is 1.78. The Kier molecular flexibility index (Phi) is 7.90. The molecule has 80 valence electrons. The maximum absolute atomic E-state index is 11.5. The van der Waals surface area contributed by atoms with Gasteiger partial charge in [-0.15, -0.1) is 6.42 Å². The summed E-state index contributed by atoms with van der Waals surface area (Å²) in [5.74, 6) is 2.48. The topological polar surface area (TPSA) is 41.6 Å². The van der Waals surface area contributed by atoms with E-state index < -0.39 is 0 Å². The minimum absolute atomic E-state index is 0.0292. The molecule has 0 atom stereocenters. The largest absolute Gasteiger partial charge is 0.383 e. The van der Waals surface area contributed by atoms with Crippen LogP contribution in [0.2, 0.25) is 0 Å². The van der Waals surface area contributed by atoms with E-state index in [9.17, 15) is 4.79 Å². The van der Waals surface area contributed by atoms with Crippen molar-refractivity contribution in [1.82, 2.24) is 10.2 Å². The van der Waals surface area contributed by atoms with Gasteiger partial charge in [-0.2, -0.15) is 0 Å². The highest BCUT2D eigenvalue weighted by molar-refractivity contribution is 5.78. The molecule has 0 fully saturated rings. The van der Waals surface area contributed by atoms with E-state index in [-0.39, 0.29) is 5.91 Å². The second kappa shape index (κ2) is 8.54. The molecule has 0 aliphatic heterocycles. The van der Waals surface area contributed by atoms with Crippen LogP contribution < -0.4 is 5.32 Å². The van der Waals surface area contributed by atoms with Crippen LogP contribution in [0.3, 0.4) is 0 Å². The zero-order chi connectivity index (χ0) is 10.8. The minimum Gasteiger partial charge on any atom is -0.383 e. The lowest BCUT2D eigenvalue weighted by Crippen LogP contribution is -2.39. The molecule has 0 unspecified atom stereocenters. The molecule has 1 amide bonds. The molecule has 1 N–H and O–H groups in total. The van der Waals surface area contributed by atoms with Crippen molar-refractivity contribution in [3.8, 4) is 12.3 Å². The zero-order valence-corrected chi connectivity index (χ0v) is 8.88. The van der Waals surface area contributed by atoms with Crippen molar-refractivity contribution in [3.05, 3.63) is 0 Å². The monoisotopic (exact) mass is 198 g/mol. The Morgan fingerprint density at radius 1 is 1.64 bits per heavy atom. The quantitative estimate of drug-likeness (QED) is 0.451. The molecule has 0 aliphatic rings. The molecule has 4 heteroatoms. The molecule has 0 heterocycles. The van der Waals surface area contributed by atoms with E-state index in [0.717, 1.165) is 0 Å². The van der Waals surface area contributed by atoms with Gasteiger partial charge in [0.25, 0.3) is 0 Å². The number of carbonyl (C=O) groups excluding carboxylic acids is 1. The van der Waals surface area contributed by atoms with Crippen LogP contribution in [0.1, 0.15) is 6.92 Å². The standard InChI is InChI=1S/C10H18N2O2/c1-4-7-12(5-2)10(13)9-11-6-8-14-3/h1,11H,5-9H2,2-3H3. The van der Waals surface area contributed by atoms with E-state index in [2.05, 4.69) is 11.2 Å². The van der Waals surface area contributed by atoms with E-state index in [1.807, 2.05) is 6.92 Å². The van der Waals surface area contributed by atoms with Crippen LogP contribution in [0.5, 0.6) is 0 Å².